The minimum Gasteiger partial charge on any atom is -0.444 e. The fraction of sp³-hybridized carbons (Fsp3) is 0.562. The van der Waals surface area contributed by atoms with Gasteiger partial charge in [-0.2, -0.15) is 0 Å². The average Bonchev–Trinajstić information content (AvgIpc) is 2.86. The van der Waals surface area contributed by atoms with E-state index in [1.54, 1.807) is 32.9 Å². The lowest BCUT2D eigenvalue weighted by Gasteiger charge is -2.32. The first-order chi connectivity index (χ1) is 10.2. The fourth-order valence-corrected chi connectivity index (χ4v) is 2.88. The minimum absolute atomic E-state index is 0.0368. The molecule has 0 atom stereocenters. The molecule has 0 spiro atoms. The molecule has 22 heavy (non-hydrogen) atoms. The highest BCUT2D eigenvalue weighted by molar-refractivity contribution is 5.69. The molecule has 0 bridgehead atoms. The summed E-state index contributed by atoms with van der Waals surface area (Å²) in [4.78, 5) is 22.7. The van der Waals surface area contributed by atoms with Crippen molar-refractivity contribution in [1.82, 2.24) is 5.32 Å². The van der Waals surface area contributed by atoms with Crippen LogP contribution in [-0.2, 0) is 10.3 Å². The van der Waals surface area contributed by atoms with Crippen LogP contribution >= 0.6 is 0 Å². The number of carbonyl (C=O) groups is 1. The van der Waals surface area contributed by atoms with Crippen LogP contribution in [-0.4, -0.2) is 16.6 Å². The van der Waals surface area contributed by atoms with Crippen LogP contribution in [0.4, 0.5) is 10.5 Å². The fourth-order valence-electron chi connectivity index (χ4n) is 2.88. The van der Waals surface area contributed by atoms with Crippen LogP contribution in [0.5, 0.6) is 0 Å². The summed E-state index contributed by atoms with van der Waals surface area (Å²) in [6, 6.07) is 6.49. The molecule has 6 nitrogen and oxygen atoms in total. The highest BCUT2D eigenvalue weighted by atomic mass is 16.6. The second-order valence-corrected chi connectivity index (χ2v) is 6.72. The molecule has 0 saturated heterocycles. The van der Waals surface area contributed by atoms with Gasteiger partial charge in [-0.15, -0.1) is 0 Å². The summed E-state index contributed by atoms with van der Waals surface area (Å²) in [6.45, 7) is 5.42. The van der Waals surface area contributed by atoms with Crippen LogP contribution < -0.4 is 5.32 Å². The Bertz CT molecular complexity index is 572. The van der Waals surface area contributed by atoms with Gasteiger partial charge >= 0.3 is 6.09 Å². The number of amides is 1. The molecular formula is C16H22N2O4. The molecule has 0 radical (unpaired) electrons. The van der Waals surface area contributed by atoms with E-state index in [1.807, 2.05) is 6.07 Å². The maximum Gasteiger partial charge on any atom is 0.408 e. The largest absolute Gasteiger partial charge is 0.444 e. The number of non-ortho nitro benzene ring substituents is 1. The molecule has 1 amide bonds. The third-order valence-electron chi connectivity index (χ3n) is 3.81. The number of hydrogen-bond acceptors (Lipinski definition) is 4. The molecule has 1 aliphatic rings. The number of nitro benzene ring substituents is 1. The smallest absolute Gasteiger partial charge is 0.408 e. The van der Waals surface area contributed by atoms with Gasteiger partial charge in [0.15, 0.2) is 0 Å². The molecule has 0 unspecified atom stereocenters. The van der Waals surface area contributed by atoms with Gasteiger partial charge in [-0.05, 0) is 39.2 Å². The lowest BCUT2D eigenvalue weighted by Crippen LogP contribution is -2.46. The van der Waals surface area contributed by atoms with Crippen LogP contribution in [0.25, 0.3) is 0 Å². The second-order valence-electron chi connectivity index (χ2n) is 6.72. The van der Waals surface area contributed by atoms with Gasteiger partial charge in [0.05, 0.1) is 10.5 Å². The summed E-state index contributed by atoms with van der Waals surface area (Å²) < 4.78 is 5.34. The lowest BCUT2D eigenvalue weighted by molar-refractivity contribution is -0.385. The molecule has 120 valence electrons. The molecular weight excluding hydrogens is 284 g/mol. The van der Waals surface area contributed by atoms with E-state index < -0.39 is 22.2 Å². The maximum atomic E-state index is 12.1. The molecule has 1 aromatic carbocycles. The third kappa shape index (κ3) is 3.75. The van der Waals surface area contributed by atoms with Crippen LogP contribution in [0, 0.1) is 10.1 Å². The Balaban J connectivity index is 2.27. The summed E-state index contributed by atoms with van der Waals surface area (Å²) in [6.07, 6.45) is 2.97. The Morgan fingerprint density at radius 3 is 2.50 bits per heavy atom. The summed E-state index contributed by atoms with van der Waals surface area (Å²) in [7, 11) is 0. The van der Waals surface area contributed by atoms with Crippen molar-refractivity contribution in [2.75, 3.05) is 0 Å². The first-order valence-electron chi connectivity index (χ1n) is 7.48. The summed E-state index contributed by atoms with van der Waals surface area (Å²) in [5.74, 6) is 0. The maximum absolute atomic E-state index is 12.1. The Kier molecular flexibility index (Phi) is 4.39. The van der Waals surface area contributed by atoms with Gasteiger partial charge < -0.3 is 10.1 Å². The zero-order valence-electron chi connectivity index (χ0n) is 13.2. The molecule has 1 aliphatic carbocycles. The monoisotopic (exact) mass is 306 g/mol. The molecule has 0 aliphatic heterocycles. The van der Waals surface area contributed by atoms with Crippen LogP contribution in [0.2, 0.25) is 0 Å². The zero-order chi connectivity index (χ0) is 16.4. The molecule has 6 heteroatoms. The van der Waals surface area contributed by atoms with Crippen LogP contribution in [0.1, 0.15) is 52.0 Å². The molecule has 0 aromatic heterocycles. The van der Waals surface area contributed by atoms with E-state index in [1.165, 1.54) is 6.07 Å². The number of carbonyl (C=O) groups excluding carboxylic acids is 1. The highest BCUT2D eigenvalue weighted by Gasteiger charge is 2.39. The minimum atomic E-state index is -0.577. The zero-order valence-corrected chi connectivity index (χ0v) is 13.2. The number of hydrogen-bond donors (Lipinski definition) is 1. The predicted octanol–water partition coefficient (Wildman–Crippen LogP) is 3.89. The van der Waals surface area contributed by atoms with Crippen molar-refractivity contribution in [3.05, 3.63) is 39.9 Å². The van der Waals surface area contributed by atoms with E-state index >= 15 is 0 Å². The molecule has 1 fully saturated rings. The first kappa shape index (κ1) is 16.3. The van der Waals surface area contributed by atoms with E-state index in [0.717, 1.165) is 31.2 Å². The summed E-state index contributed by atoms with van der Waals surface area (Å²) in [5.41, 5.74) is -0.346. The summed E-state index contributed by atoms with van der Waals surface area (Å²) >= 11 is 0. The van der Waals surface area contributed by atoms with Crippen molar-refractivity contribution in [2.45, 2.75) is 57.6 Å². The van der Waals surface area contributed by atoms with Crippen LogP contribution in [0.3, 0.4) is 0 Å². The normalized spacial score (nSPS) is 17.0. The van der Waals surface area contributed by atoms with E-state index in [-0.39, 0.29) is 5.69 Å². The van der Waals surface area contributed by atoms with Gasteiger partial charge in [-0.3, -0.25) is 10.1 Å². The molecule has 0 heterocycles. The van der Waals surface area contributed by atoms with E-state index in [2.05, 4.69) is 5.32 Å². The Morgan fingerprint density at radius 1 is 1.32 bits per heavy atom. The van der Waals surface area contributed by atoms with Gasteiger partial charge in [0, 0.05) is 12.1 Å². The predicted molar refractivity (Wildman–Crippen MR) is 82.6 cm³/mol. The van der Waals surface area contributed by atoms with Gasteiger partial charge in [0.25, 0.3) is 5.69 Å². The average molecular weight is 306 g/mol. The number of ether oxygens (including phenoxy) is 1. The van der Waals surface area contributed by atoms with Crippen molar-refractivity contribution in [1.29, 1.82) is 0 Å². The summed E-state index contributed by atoms with van der Waals surface area (Å²) in [5, 5.41) is 13.9. The van der Waals surface area contributed by atoms with Gasteiger partial charge in [0.1, 0.15) is 5.60 Å². The molecule has 1 N–H and O–H groups in total. The number of nitrogens with zero attached hydrogens (tertiary/aromatic N) is 1. The van der Waals surface area contributed by atoms with Gasteiger partial charge in [-0.1, -0.05) is 25.0 Å². The van der Waals surface area contributed by atoms with Crippen molar-refractivity contribution in [3.63, 3.8) is 0 Å². The lowest BCUT2D eigenvalue weighted by atomic mass is 9.88. The highest BCUT2D eigenvalue weighted by Crippen LogP contribution is 2.40. The standard InChI is InChI=1S/C16H22N2O4/c1-15(2,3)22-14(19)17-16(9-4-5-10-16)12-7-6-8-13(11-12)18(20)21/h6-8,11H,4-5,9-10H2,1-3H3,(H,17,19). The number of alkyl carbamates (subject to hydrolysis) is 1. The van der Waals surface area contributed by atoms with Gasteiger partial charge in [0.2, 0.25) is 0 Å². The van der Waals surface area contributed by atoms with Crippen molar-refractivity contribution in [2.24, 2.45) is 0 Å². The Labute approximate surface area is 130 Å². The van der Waals surface area contributed by atoms with E-state index in [9.17, 15) is 14.9 Å². The molecule has 1 aromatic rings. The van der Waals surface area contributed by atoms with Crippen LogP contribution in [0.15, 0.2) is 24.3 Å². The number of nitro groups is 1. The van der Waals surface area contributed by atoms with Gasteiger partial charge in [-0.25, -0.2) is 4.79 Å². The van der Waals surface area contributed by atoms with Crippen molar-refractivity contribution < 1.29 is 14.5 Å². The first-order valence-corrected chi connectivity index (χ1v) is 7.48. The molecule has 1 saturated carbocycles. The van der Waals surface area contributed by atoms with E-state index in [4.69, 9.17) is 4.74 Å². The van der Waals surface area contributed by atoms with E-state index in [0.29, 0.717) is 0 Å². The van der Waals surface area contributed by atoms with Crippen molar-refractivity contribution >= 4 is 11.8 Å². The Hall–Kier alpha value is -2.11. The SMILES string of the molecule is CC(C)(C)OC(=O)NC1(c2cccc([N+](=O)[O-])c2)CCCC1. The Morgan fingerprint density at radius 2 is 1.95 bits per heavy atom. The number of benzene rings is 1. The molecule has 2 rings (SSSR count). The van der Waals surface area contributed by atoms with Crippen molar-refractivity contribution in [3.8, 4) is 0 Å². The second kappa shape index (κ2) is 5.94. The number of nitrogens with one attached hydrogen (secondary N) is 1. The number of rotatable bonds is 3. The quantitative estimate of drug-likeness (QED) is 0.678. The third-order valence-corrected chi connectivity index (χ3v) is 3.81. The topological polar surface area (TPSA) is 81.5 Å².